The Morgan fingerprint density at radius 2 is 2.06 bits per heavy atom. The van der Waals surface area contributed by atoms with Gasteiger partial charge in [-0.1, -0.05) is 11.6 Å². The topological polar surface area (TPSA) is 51.5 Å². The van der Waals surface area contributed by atoms with Gasteiger partial charge in [0.2, 0.25) is 0 Å². The zero-order valence-electron chi connectivity index (χ0n) is 9.37. The molecular formula is C12H9Cl2NO3. The van der Waals surface area contributed by atoms with E-state index in [4.69, 9.17) is 32.4 Å². The first-order chi connectivity index (χ1) is 8.60. The molecule has 1 heterocycles. The lowest BCUT2D eigenvalue weighted by molar-refractivity contribution is 0.0997. The standard InChI is InChI=1S/C12H9Cl2NO3/c1-17-10-6-7(2-3-8(10)13)15-12(16)9-4-5-11(14)18-9/h2-6H,1H3,(H,15,16). The monoisotopic (exact) mass is 285 g/mol. The van der Waals surface area contributed by atoms with Crippen LogP contribution in [0.25, 0.3) is 0 Å². The molecule has 1 aromatic carbocycles. The first-order valence-electron chi connectivity index (χ1n) is 5.00. The molecule has 1 amide bonds. The highest BCUT2D eigenvalue weighted by atomic mass is 35.5. The average Bonchev–Trinajstić information content (AvgIpc) is 2.78. The number of anilines is 1. The Labute approximate surface area is 113 Å². The van der Waals surface area contributed by atoms with Crippen LogP contribution >= 0.6 is 23.2 Å². The predicted molar refractivity (Wildman–Crippen MR) is 69.7 cm³/mol. The summed E-state index contributed by atoms with van der Waals surface area (Å²) in [5, 5.41) is 3.27. The fourth-order valence-corrected chi connectivity index (χ4v) is 1.71. The van der Waals surface area contributed by atoms with Crippen LogP contribution in [0.1, 0.15) is 10.6 Å². The minimum atomic E-state index is -0.397. The van der Waals surface area contributed by atoms with Gasteiger partial charge in [-0.25, -0.2) is 0 Å². The Bertz CT molecular complexity index is 580. The van der Waals surface area contributed by atoms with Crippen LogP contribution in [-0.4, -0.2) is 13.0 Å². The normalized spacial score (nSPS) is 10.2. The third kappa shape index (κ3) is 2.78. The summed E-state index contributed by atoms with van der Waals surface area (Å²) in [4.78, 5) is 11.8. The molecule has 0 radical (unpaired) electrons. The van der Waals surface area contributed by atoms with Crippen molar-refractivity contribution in [3.8, 4) is 5.75 Å². The van der Waals surface area contributed by atoms with Gasteiger partial charge in [-0.15, -0.1) is 0 Å². The number of ether oxygens (including phenoxy) is 1. The van der Waals surface area contributed by atoms with Gasteiger partial charge in [-0.3, -0.25) is 4.79 Å². The lowest BCUT2D eigenvalue weighted by atomic mass is 10.3. The summed E-state index contributed by atoms with van der Waals surface area (Å²) in [6.07, 6.45) is 0. The van der Waals surface area contributed by atoms with Crippen LogP contribution in [-0.2, 0) is 0 Å². The van der Waals surface area contributed by atoms with Crippen LogP contribution in [0.15, 0.2) is 34.7 Å². The number of hydrogen-bond donors (Lipinski definition) is 1. The quantitative estimate of drug-likeness (QED) is 0.932. The minimum Gasteiger partial charge on any atom is -0.495 e. The zero-order valence-corrected chi connectivity index (χ0v) is 10.9. The molecule has 94 valence electrons. The Hall–Kier alpha value is -1.65. The molecule has 0 aliphatic rings. The van der Waals surface area contributed by atoms with Gasteiger partial charge >= 0.3 is 0 Å². The second kappa shape index (κ2) is 5.33. The van der Waals surface area contributed by atoms with Gasteiger partial charge in [0.25, 0.3) is 5.91 Å². The molecule has 4 nitrogen and oxygen atoms in total. The van der Waals surface area contributed by atoms with Crippen molar-refractivity contribution >= 4 is 34.8 Å². The van der Waals surface area contributed by atoms with Crippen LogP contribution in [0.4, 0.5) is 5.69 Å². The number of methoxy groups -OCH3 is 1. The fourth-order valence-electron chi connectivity index (χ4n) is 1.37. The molecule has 2 aromatic rings. The summed E-state index contributed by atoms with van der Waals surface area (Å²) < 4.78 is 10.0. The van der Waals surface area contributed by atoms with Crippen molar-refractivity contribution in [1.82, 2.24) is 0 Å². The van der Waals surface area contributed by atoms with Gasteiger partial charge in [-0.2, -0.15) is 0 Å². The molecule has 18 heavy (non-hydrogen) atoms. The molecule has 0 atom stereocenters. The van der Waals surface area contributed by atoms with E-state index in [-0.39, 0.29) is 11.0 Å². The van der Waals surface area contributed by atoms with Crippen molar-refractivity contribution in [3.63, 3.8) is 0 Å². The second-order valence-electron chi connectivity index (χ2n) is 3.41. The molecule has 0 spiro atoms. The Morgan fingerprint density at radius 3 is 2.67 bits per heavy atom. The molecule has 0 unspecified atom stereocenters. The SMILES string of the molecule is COc1cc(NC(=O)c2ccc(Cl)o2)ccc1Cl. The number of amides is 1. The first kappa shape index (κ1) is 12.8. The lowest BCUT2D eigenvalue weighted by Gasteiger charge is -2.07. The number of nitrogens with one attached hydrogen (secondary N) is 1. The highest BCUT2D eigenvalue weighted by Gasteiger charge is 2.11. The van der Waals surface area contributed by atoms with Crippen molar-refractivity contribution in [2.75, 3.05) is 12.4 Å². The Balaban J connectivity index is 2.16. The van der Waals surface area contributed by atoms with Crippen molar-refractivity contribution < 1.29 is 13.9 Å². The molecule has 0 aliphatic carbocycles. The third-order valence-electron chi connectivity index (χ3n) is 2.21. The summed E-state index contributed by atoms with van der Waals surface area (Å²) >= 11 is 11.5. The van der Waals surface area contributed by atoms with Crippen LogP contribution in [0.2, 0.25) is 10.2 Å². The van der Waals surface area contributed by atoms with Crippen molar-refractivity contribution in [2.45, 2.75) is 0 Å². The molecule has 0 fully saturated rings. The van der Waals surface area contributed by atoms with Crippen molar-refractivity contribution in [3.05, 3.63) is 46.3 Å². The maximum absolute atomic E-state index is 11.8. The second-order valence-corrected chi connectivity index (χ2v) is 4.19. The third-order valence-corrected chi connectivity index (χ3v) is 2.72. The molecule has 1 N–H and O–H groups in total. The summed E-state index contributed by atoms with van der Waals surface area (Å²) in [6, 6.07) is 7.90. The van der Waals surface area contributed by atoms with Crippen LogP contribution in [0, 0.1) is 0 Å². The zero-order chi connectivity index (χ0) is 13.1. The number of hydrogen-bond acceptors (Lipinski definition) is 3. The number of furan rings is 1. The van der Waals surface area contributed by atoms with Gasteiger partial charge in [0.05, 0.1) is 12.1 Å². The van der Waals surface area contributed by atoms with E-state index in [9.17, 15) is 4.79 Å². The van der Waals surface area contributed by atoms with Gasteiger partial charge in [0.1, 0.15) is 5.75 Å². The highest BCUT2D eigenvalue weighted by molar-refractivity contribution is 6.32. The van der Waals surface area contributed by atoms with Crippen LogP contribution < -0.4 is 10.1 Å². The first-order valence-corrected chi connectivity index (χ1v) is 5.76. The van der Waals surface area contributed by atoms with E-state index in [1.165, 1.54) is 19.2 Å². The molecule has 6 heteroatoms. The Kier molecular flexibility index (Phi) is 3.79. The van der Waals surface area contributed by atoms with E-state index >= 15 is 0 Å². The maximum atomic E-state index is 11.8. The predicted octanol–water partition coefficient (Wildman–Crippen LogP) is 3.85. The van der Waals surface area contributed by atoms with Gasteiger partial charge in [0.15, 0.2) is 11.0 Å². The van der Waals surface area contributed by atoms with Crippen LogP contribution in [0.5, 0.6) is 5.75 Å². The average molecular weight is 286 g/mol. The van der Waals surface area contributed by atoms with Gasteiger partial charge in [-0.05, 0) is 35.9 Å². The largest absolute Gasteiger partial charge is 0.495 e. The summed E-state index contributed by atoms with van der Waals surface area (Å²) in [7, 11) is 1.50. The molecule has 0 bridgehead atoms. The molecule has 1 aromatic heterocycles. The molecule has 0 saturated carbocycles. The van der Waals surface area contributed by atoms with Crippen LogP contribution in [0.3, 0.4) is 0 Å². The molecule has 0 saturated heterocycles. The fraction of sp³-hybridized carbons (Fsp3) is 0.0833. The van der Waals surface area contributed by atoms with E-state index in [1.54, 1.807) is 18.2 Å². The maximum Gasteiger partial charge on any atom is 0.291 e. The van der Waals surface area contributed by atoms with Gasteiger partial charge < -0.3 is 14.5 Å². The molecule has 0 aliphatic heterocycles. The van der Waals surface area contributed by atoms with Crippen molar-refractivity contribution in [1.29, 1.82) is 0 Å². The number of halogens is 2. The van der Waals surface area contributed by atoms with Crippen molar-refractivity contribution in [2.24, 2.45) is 0 Å². The smallest absolute Gasteiger partial charge is 0.291 e. The summed E-state index contributed by atoms with van der Waals surface area (Å²) in [6.45, 7) is 0. The van der Waals surface area contributed by atoms with Gasteiger partial charge in [0, 0.05) is 11.8 Å². The van der Waals surface area contributed by atoms with E-state index in [1.807, 2.05) is 0 Å². The summed E-state index contributed by atoms with van der Waals surface area (Å²) in [5.74, 6) is 0.215. The van der Waals surface area contributed by atoms with E-state index < -0.39 is 5.91 Å². The van der Waals surface area contributed by atoms with E-state index in [0.717, 1.165) is 0 Å². The Morgan fingerprint density at radius 1 is 1.28 bits per heavy atom. The summed E-state index contributed by atoms with van der Waals surface area (Å²) in [5.41, 5.74) is 0.550. The lowest BCUT2D eigenvalue weighted by Crippen LogP contribution is -2.10. The number of carbonyl (C=O) groups excluding carboxylic acids is 1. The van der Waals surface area contributed by atoms with E-state index in [0.29, 0.717) is 16.5 Å². The minimum absolute atomic E-state index is 0.133. The highest BCUT2D eigenvalue weighted by Crippen LogP contribution is 2.27. The van der Waals surface area contributed by atoms with E-state index in [2.05, 4.69) is 5.32 Å². The number of rotatable bonds is 3. The molecular weight excluding hydrogens is 277 g/mol. The number of carbonyl (C=O) groups is 1. The molecule has 2 rings (SSSR count). The number of benzene rings is 1.